The van der Waals surface area contributed by atoms with Gasteiger partial charge >= 0.3 is 6.18 Å². The molecule has 0 aliphatic carbocycles. The summed E-state index contributed by atoms with van der Waals surface area (Å²) in [6.07, 6.45) is -7.91. The predicted molar refractivity (Wildman–Crippen MR) is 61.5 cm³/mol. The Hall–Kier alpha value is -1.36. The van der Waals surface area contributed by atoms with Crippen molar-refractivity contribution in [2.75, 3.05) is 14.1 Å². The van der Waals surface area contributed by atoms with Gasteiger partial charge in [-0.3, -0.25) is 0 Å². The minimum atomic E-state index is -4.83. The molecule has 1 aromatic carbocycles. The number of hydrogen-bond donors (Lipinski definition) is 0. The fraction of sp³-hybridized carbons (Fsp3) is 0.455. The van der Waals surface area contributed by atoms with Gasteiger partial charge in [0.25, 0.3) is 0 Å². The van der Waals surface area contributed by atoms with Crippen molar-refractivity contribution in [2.24, 2.45) is 0 Å². The Kier molecular flexibility index (Phi) is 5.12. The fourth-order valence-corrected chi connectivity index (χ4v) is 2.78. The van der Waals surface area contributed by atoms with E-state index in [1.165, 1.54) is 0 Å². The molecule has 126 valence electrons. The minimum Gasteiger partial charge on any atom is -0.207 e. The molecule has 1 aromatic rings. The third kappa shape index (κ3) is 3.51. The van der Waals surface area contributed by atoms with Crippen LogP contribution in [0.15, 0.2) is 4.90 Å². The van der Waals surface area contributed by atoms with Crippen molar-refractivity contribution in [3.05, 3.63) is 28.8 Å². The largest absolute Gasteiger partial charge is 0.389 e. The summed E-state index contributed by atoms with van der Waals surface area (Å²) in [6, 6.07) is 0. The molecular weight excluding hydrogens is 343 g/mol. The number of benzene rings is 1. The van der Waals surface area contributed by atoms with E-state index in [1.807, 2.05) is 0 Å². The summed E-state index contributed by atoms with van der Waals surface area (Å²) < 4.78 is 114. The quantitative estimate of drug-likeness (QED) is 0.474. The molecule has 1 rings (SSSR count). The van der Waals surface area contributed by atoms with E-state index in [0.29, 0.717) is 4.31 Å². The molecule has 0 aliphatic rings. The van der Waals surface area contributed by atoms with E-state index in [-0.39, 0.29) is 0 Å². The van der Waals surface area contributed by atoms with E-state index < -0.39 is 62.8 Å². The van der Waals surface area contributed by atoms with Crippen LogP contribution >= 0.6 is 0 Å². The van der Waals surface area contributed by atoms with Gasteiger partial charge in [-0.05, 0) is 6.42 Å². The summed E-state index contributed by atoms with van der Waals surface area (Å²) in [7, 11) is -3.07. The van der Waals surface area contributed by atoms with Gasteiger partial charge in [0.05, 0.1) is 0 Å². The molecule has 22 heavy (non-hydrogen) atoms. The third-order valence-electron chi connectivity index (χ3n) is 2.71. The lowest BCUT2D eigenvalue weighted by atomic mass is 10.1. The Morgan fingerprint density at radius 3 is 1.77 bits per heavy atom. The second-order valence-corrected chi connectivity index (χ2v) is 6.55. The molecule has 0 amide bonds. The van der Waals surface area contributed by atoms with Gasteiger partial charge < -0.3 is 0 Å². The SMILES string of the molecule is CN(C)S(=O)(=O)c1c(F)c(F)c(F)c(F)c1CCC(F)(F)F. The van der Waals surface area contributed by atoms with E-state index in [0.717, 1.165) is 14.1 Å². The first-order chi connectivity index (χ1) is 9.80. The molecule has 0 aromatic heterocycles. The summed E-state index contributed by atoms with van der Waals surface area (Å²) in [5.41, 5.74) is -1.39. The van der Waals surface area contributed by atoms with Crippen molar-refractivity contribution in [1.29, 1.82) is 0 Å². The van der Waals surface area contributed by atoms with Gasteiger partial charge in [-0.15, -0.1) is 0 Å². The molecule has 11 heteroatoms. The lowest BCUT2D eigenvalue weighted by Gasteiger charge is -2.18. The van der Waals surface area contributed by atoms with Gasteiger partial charge in [-0.1, -0.05) is 0 Å². The molecule has 0 unspecified atom stereocenters. The molecule has 0 atom stereocenters. The molecule has 0 bridgehead atoms. The van der Waals surface area contributed by atoms with Crippen molar-refractivity contribution in [3.8, 4) is 0 Å². The number of sulfonamides is 1. The Balaban J connectivity index is 3.66. The third-order valence-corrected chi connectivity index (χ3v) is 4.62. The van der Waals surface area contributed by atoms with E-state index in [4.69, 9.17) is 0 Å². The zero-order valence-corrected chi connectivity index (χ0v) is 12.0. The normalized spacial score (nSPS) is 13.0. The van der Waals surface area contributed by atoms with Crippen molar-refractivity contribution < 1.29 is 39.2 Å². The van der Waals surface area contributed by atoms with Crippen LogP contribution in [0.3, 0.4) is 0 Å². The Labute approximate surface area is 121 Å². The first-order valence-corrected chi connectivity index (χ1v) is 7.08. The second kappa shape index (κ2) is 6.03. The smallest absolute Gasteiger partial charge is 0.207 e. The van der Waals surface area contributed by atoms with Gasteiger partial charge in [-0.2, -0.15) is 13.2 Å². The Morgan fingerprint density at radius 1 is 0.909 bits per heavy atom. The lowest BCUT2D eigenvalue weighted by molar-refractivity contribution is -0.134. The van der Waals surface area contributed by atoms with Crippen LogP contribution in [0.2, 0.25) is 0 Å². The van der Waals surface area contributed by atoms with Crippen LogP contribution in [0.4, 0.5) is 30.7 Å². The molecule has 0 aliphatic heterocycles. The highest BCUT2D eigenvalue weighted by Crippen LogP contribution is 2.32. The zero-order valence-electron chi connectivity index (χ0n) is 11.2. The maximum absolute atomic E-state index is 13.7. The van der Waals surface area contributed by atoms with Crippen molar-refractivity contribution in [3.63, 3.8) is 0 Å². The standard InChI is InChI=1S/C11H10F7NO2S/c1-19(2)22(20,21)10-5(3-4-11(16,17)18)6(12)7(13)8(14)9(10)15/h3-4H2,1-2H3. The molecule has 0 saturated heterocycles. The molecule has 3 nitrogen and oxygen atoms in total. The van der Waals surface area contributed by atoms with Crippen LogP contribution in [0.25, 0.3) is 0 Å². The maximum atomic E-state index is 13.7. The zero-order chi connectivity index (χ0) is 17.5. The summed E-state index contributed by atoms with van der Waals surface area (Å²) >= 11 is 0. The first kappa shape index (κ1) is 18.7. The van der Waals surface area contributed by atoms with Gasteiger partial charge in [-0.25, -0.2) is 30.3 Å². The topological polar surface area (TPSA) is 37.4 Å². The highest BCUT2D eigenvalue weighted by Gasteiger charge is 2.36. The second-order valence-electron chi connectivity index (χ2n) is 4.47. The number of hydrogen-bond acceptors (Lipinski definition) is 2. The first-order valence-electron chi connectivity index (χ1n) is 5.64. The summed E-state index contributed by atoms with van der Waals surface area (Å²) in [5, 5.41) is 0. The molecular formula is C11H10F7NO2S. The maximum Gasteiger partial charge on any atom is 0.389 e. The van der Waals surface area contributed by atoms with Crippen LogP contribution in [-0.2, 0) is 16.4 Å². The fourth-order valence-electron chi connectivity index (χ4n) is 1.60. The number of rotatable bonds is 4. The number of halogens is 7. The average Bonchev–Trinajstić information content (AvgIpc) is 2.37. The number of alkyl halides is 3. The van der Waals surface area contributed by atoms with E-state index in [2.05, 4.69) is 0 Å². The van der Waals surface area contributed by atoms with Gasteiger partial charge in [0, 0.05) is 26.1 Å². The number of nitrogens with zero attached hydrogens (tertiary/aromatic N) is 1. The monoisotopic (exact) mass is 353 g/mol. The summed E-state index contributed by atoms with van der Waals surface area (Å²) in [6.45, 7) is 0. The van der Waals surface area contributed by atoms with Crippen molar-refractivity contribution in [2.45, 2.75) is 23.9 Å². The van der Waals surface area contributed by atoms with Gasteiger partial charge in [0.1, 0.15) is 4.90 Å². The van der Waals surface area contributed by atoms with E-state index >= 15 is 0 Å². The summed E-state index contributed by atoms with van der Waals surface area (Å²) in [5.74, 6) is -9.20. The molecule has 0 fully saturated rings. The van der Waals surface area contributed by atoms with E-state index in [1.54, 1.807) is 0 Å². The predicted octanol–water partition coefficient (Wildman–Crippen LogP) is 2.99. The molecule has 0 spiro atoms. The molecule has 0 radical (unpaired) electrons. The van der Waals surface area contributed by atoms with Crippen LogP contribution < -0.4 is 0 Å². The minimum absolute atomic E-state index is 0.347. The molecule has 0 heterocycles. The Morgan fingerprint density at radius 2 is 1.36 bits per heavy atom. The summed E-state index contributed by atoms with van der Waals surface area (Å²) in [4.78, 5) is -1.64. The molecule has 0 N–H and O–H groups in total. The van der Waals surface area contributed by atoms with E-state index in [9.17, 15) is 39.2 Å². The van der Waals surface area contributed by atoms with Crippen LogP contribution in [0.5, 0.6) is 0 Å². The highest BCUT2D eigenvalue weighted by molar-refractivity contribution is 7.89. The van der Waals surface area contributed by atoms with Crippen LogP contribution in [0.1, 0.15) is 12.0 Å². The Bertz CT molecular complexity index is 683. The average molecular weight is 353 g/mol. The molecule has 0 saturated carbocycles. The lowest BCUT2D eigenvalue weighted by Crippen LogP contribution is -2.26. The van der Waals surface area contributed by atoms with Crippen molar-refractivity contribution in [1.82, 2.24) is 4.31 Å². The van der Waals surface area contributed by atoms with Gasteiger partial charge in [0.2, 0.25) is 10.0 Å². The van der Waals surface area contributed by atoms with Crippen LogP contribution in [0, 0.1) is 23.3 Å². The highest BCUT2D eigenvalue weighted by atomic mass is 32.2. The van der Waals surface area contributed by atoms with Crippen molar-refractivity contribution >= 4 is 10.0 Å². The van der Waals surface area contributed by atoms with Crippen LogP contribution in [-0.4, -0.2) is 33.0 Å². The van der Waals surface area contributed by atoms with Gasteiger partial charge in [0.15, 0.2) is 23.3 Å².